The highest BCUT2D eigenvalue weighted by Crippen LogP contribution is 2.15. The molecule has 1 radical (unpaired) electrons. The van der Waals surface area contributed by atoms with Gasteiger partial charge in [-0.15, -0.1) is 0 Å². The number of hydrogen-bond acceptors (Lipinski definition) is 2. The zero-order valence-electron chi connectivity index (χ0n) is 6.63. The van der Waals surface area contributed by atoms with Gasteiger partial charge in [0.05, 0.1) is 11.3 Å². The highest BCUT2D eigenvalue weighted by Gasteiger charge is 2.00. The first-order valence-electron chi connectivity index (χ1n) is 3.33. The Labute approximate surface area is 66.7 Å². The van der Waals surface area contributed by atoms with E-state index >= 15 is 0 Å². The van der Waals surface area contributed by atoms with Crippen LogP contribution in [-0.2, 0) is 0 Å². The second-order valence-electron chi connectivity index (χ2n) is 2.45. The Morgan fingerprint density at radius 1 is 1.55 bits per heavy atom. The molecule has 0 amide bonds. The van der Waals surface area contributed by atoms with E-state index in [4.69, 9.17) is 5.26 Å². The van der Waals surface area contributed by atoms with Crippen molar-refractivity contribution >= 4 is 5.69 Å². The summed E-state index contributed by atoms with van der Waals surface area (Å²) >= 11 is 0. The minimum Gasteiger partial charge on any atom is -0.377 e. The van der Waals surface area contributed by atoms with Crippen LogP contribution >= 0.6 is 0 Å². The molecule has 0 aliphatic heterocycles. The maximum atomic E-state index is 8.68. The van der Waals surface area contributed by atoms with E-state index in [1.165, 1.54) is 0 Å². The quantitative estimate of drug-likeness (QED) is 0.597. The minimum absolute atomic E-state index is 0.689. The van der Waals surface area contributed by atoms with E-state index in [-0.39, 0.29) is 0 Å². The van der Waals surface area contributed by atoms with Crippen molar-refractivity contribution in [3.63, 3.8) is 0 Å². The van der Waals surface area contributed by atoms with Gasteiger partial charge in [0, 0.05) is 14.1 Å². The third-order valence-corrected chi connectivity index (χ3v) is 1.44. The predicted octanol–water partition coefficient (Wildman–Crippen LogP) is 1.42. The van der Waals surface area contributed by atoms with Gasteiger partial charge in [-0.25, -0.2) is 0 Å². The van der Waals surface area contributed by atoms with Crippen LogP contribution in [-0.4, -0.2) is 14.1 Å². The van der Waals surface area contributed by atoms with Gasteiger partial charge in [-0.1, -0.05) is 6.07 Å². The molecule has 0 aromatic heterocycles. The number of benzene rings is 1. The molecule has 2 heteroatoms. The molecule has 0 fully saturated rings. The molecular weight excluding hydrogens is 136 g/mol. The van der Waals surface area contributed by atoms with Crippen LogP contribution in [0.4, 0.5) is 5.69 Å². The lowest BCUT2D eigenvalue weighted by molar-refractivity contribution is 1.12. The number of anilines is 1. The molecule has 0 heterocycles. The lowest BCUT2D eigenvalue weighted by atomic mass is 10.2. The van der Waals surface area contributed by atoms with Gasteiger partial charge >= 0.3 is 0 Å². The van der Waals surface area contributed by atoms with E-state index in [1.54, 1.807) is 18.2 Å². The Kier molecular flexibility index (Phi) is 2.12. The fraction of sp³-hybridized carbons (Fsp3) is 0.222. The van der Waals surface area contributed by atoms with Gasteiger partial charge in [0.1, 0.15) is 6.07 Å². The molecule has 0 aliphatic rings. The number of rotatable bonds is 1. The topological polar surface area (TPSA) is 27.0 Å². The Balaban J connectivity index is 3.15. The lowest BCUT2D eigenvalue weighted by Crippen LogP contribution is -2.09. The summed E-state index contributed by atoms with van der Waals surface area (Å²) in [6.07, 6.45) is 0. The standard InChI is InChI=1S/C9H9N2/c1-11(2)9-6-4-3-5-8(9)7-10/h3,5-6H,1-2H3. The van der Waals surface area contributed by atoms with E-state index in [0.717, 1.165) is 5.69 Å². The van der Waals surface area contributed by atoms with Gasteiger partial charge in [0.25, 0.3) is 0 Å². The summed E-state index contributed by atoms with van der Waals surface area (Å²) in [4.78, 5) is 1.90. The average molecular weight is 145 g/mol. The molecule has 1 aromatic carbocycles. The van der Waals surface area contributed by atoms with Crippen molar-refractivity contribution in [2.24, 2.45) is 0 Å². The SMILES string of the molecule is CN(C)c1c[c]ccc1C#N. The summed E-state index contributed by atoms with van der Waals surface area (Å²) < 4.78 is 0. The van der Waals surface area contributed by atoms with Gasteiger partial charge in [-0.3, -0.25) is 0 Å². The first-order valence-corrected chi connectivity index (χ1v) is 3.33. The number of nitriles is 1. The number of hydrogen-bond donors (Lipinski definition) is 0. The fourth-order valence-corrected chi connectivity index (χ4v) is 0.886. The summed E-state index contributed by atoms with van der Waals surface area (Å²) in [6.45, 7) is 0. The molecular formula is C9H9N2. The summed E-state index contributed by atoms with van der Waals surface area (Å²) in [5.41, 5.74) is 1.60. The van der Waals surface area contributed by atoms with E-state index in [1.807, 2.05) is 19.0 Å². The zero-order chi connectivity index (χ0) is 8.27. The maximum Gasteiger partial charge on any atom is 0.101 e. The van der Waals surface area contributed by atoms with Gasteiger partial charge in [-0.2, -0.15) is 5.26 Å². The molecule has 0 bridgehead atoms. The van der Waals surface area contributed by atoms with Crippen molar-refractivity contribution in [1.29, 1.82) is 5.26 Å². The maximum absolute atomic E-state index is 8.68. The van der Waals surface area contributed by atoms with Crippen molar-refractivity contribution in [1.82, 2.24) is 0 Å². The van der Waals surface area contributed by atoms with E-state index in [9.17, 15) is 0 Å². The molecule has 1 aromatic rings. The Morgan fingerprint density at radius 2 is 2.27 bits per heavy atom. The van der Waals surface area contributed by atoms with Crippen LogP contribution in [0.3, 0.4) is 0 Å². The van der Waals surface area contributed by atoms with E-state index < -0.39 is 0 Å². The normalized spacial score (nSPS) is 8.82. The molecule has 55 valence electrons. The summed E-state index contributed by atoms with van der Waals surface area (Å²) in [6, 6.07) is 10.3. The van der Waals surface area contributed by atoms with Crippen molar-refractivity contribution in [3.8, 4) is 6.07 Å². The van der Waals surface area contributed by atoms with Gasteiger partial charge in [-0.05, 0) is 18.2 Å². The van der Waals surface area contributed by atoms with Gasteiger partial charge < -0.3 is 4.90 Å². The minimum atomic E-state index is 0.689. The highest BCUT2D eigenvalue weighted by molar-refractivity contribution is 5.57. The molecule has 1 rings (SSSR count). The van der Waals surface area contributed by atoms with E-state index in [2.05, 4.69) is 12.1 Å². The number of nitrogens with zero attached hydrogens (tertiary/aromatic N) is 2. The lowest BCUT2D eigenvalue weighted by Gasteiger charge is -2.12. The largest absolute Gasteiger partial charge is 0.377 e. The van der Waals surface area contributed by atoms with Crippen LogP contribution in [0.25, 0.3) is 0 Å². The summed E-state index contributed by atoms with van der Waals surface area (Å²) in [7, 11) is 3.81. The van der Waals surface area contributed by atoms with E-state index in [0.29, 0.717) is 5.56 Å². The highest BCUT2D eigenvalue weighted by atomic mass is 15.1. The van der Waals surface area contributed by atoms with Crippen LogP contribution < -0.4 is 4.90 Å². The first kappa shape index (κ1) is 7.62. The fourth-order valence-electron chi connectivity index (χ4n) is 0.886. The second kappa shape index (κ2) is 3.07. The van der Waals surface area contributed by atoms with Crippen LogP contribution in [0.2, 0.25) is 0 Å². The second-order valence-corrected chi connectivity index (χ2v) is 2.45. The molecule has 0 unspecified atom stereocenters. The van der Waals surface area contributed by atoms with Crippen LogP contribution in [0.5, 0.6) is 0 Å². The van der Waals surface area contributed by atoms with Crippen molar-refractivity contribution in [3.05, 3.63) is 29.8 Å². The molecule has 11 heavy (non-hydrogen) atoms. The molecule has 0 atom stereocenters. The predicted molar refractivity (Wildman–Crippen MR) is 44.3 cm³/mol. The van der Waals surface area contributed by atoms with Crippen LogP contribution in [0.15, 0.2) is 18.2 Å². The molecule has 0 aliphatic carbocycles. The smallest absolute Gasteiger partial charge is 0.101 e. The van der Waals surface area contributed by atoms with Crippen molar-refractivity contribution in [2.45, 2.75) is 0 Å². The Morgan fingerprint density at radius 3 is 2.73 bits per heavy atom. The van der Waals surface area contributed by atoms with Crippen molar-refractivity contribution in [2.75, 3.05) is 19.0 Å². The molecule has 0 spiro atoms. The Bertz CT molecular complexity index is 284. The zero-order valence-corrected chi connectivity index (χ0v) is 6.63. The van der Waals surface area contributed by atoms with Crippen molar-refractivity contribution < 1.29 is 0 Å². The van der Waals surface area contributed by atoms with Crippen LogP contribution in [0.1, 0.15) is 5.56 Å². The molecule has 2 nitrogen and oxygen atoms in total. The molecule has 0 N–H and O–H groups in total. The summed E-state index contributed by atoms with van der Waals surface area (Å²) in [5, 5.41) is 8.68. The average Bonchev–Trinajstić information content (AvgIpc) is 2.04. The first-order chi connectivity index (χ1) is 5.25. The Hall–Kier alpha value is -1.49. The third-order valence-electron chi connectivity index (χ3n) is 1.44. The monoisotopic (exact) mass is 145 g/mol. The molecule has 0 saturated heterocycles. The third kappa shape index (κ3) is 1.50. The molecule has 0 saturated carbocycles. The van der Waals surface area contributed by atoms with Gasteiger partial charge in [0.2, 0.25) is 0 Å². The van der Waals surface area contributed by atoms with Crippen LogP contribution in [0, 0.1) is 17.4 Å². The summed E-state index contributed by atoms with van der Waals surface area (Å²) in [5.74, 6) is 0. The van der Waals surface area contributed by atoms with Gasteiger partial charge in [0.15, 0.2) is 0 Å².